The van der Waals surface area contributed by atoms with Crippen LogP contribution in [-0.4, -0.2) is 58.7 Å². The monoisotopic (exact) mass is 439 g/mol. The van der Waals surface area contributed by atoms with E-state index in [2.05, 4.69) is 38.6 Å². The Morgan fingerprint density at radius 1 is 1.09 bits per heavy atom. The third-order valence-electron chi connectivity index (χ3n) is 5.58. The SMILES string of the molecule is CCCc1nc(-c2ccc(F)cc2)oc1COC(C)CN1CCN(c2ncccn2)CC1. The van der Waals surface area contributed by atoms with Crippen LogP contribution in [0.2, 0.25) is 0 Å². The number of nitrogens with zero attached hydrogens (tertiary/aromatic N) is 5. The van der Waals surface area contributed by atoms with Gasteiger partial charge < -0.3 is 14.1 Å². The van der Waals surface area contributed by atoms with Crippen molar-refractivity contribution >= 4 is 5.95 Å². The molecule has 0 amide bonds. The van der Waals surface area contributed by atoms with E-state index in [0.29, 0.717) is 12.5 Å². The third kappa shape index (κ3) is 5.69. The highest BCUT2D eigenvalue weighted by Crippen LogP contribution is 2.24. The summed E-state index contributed by atoms with van der Waals surface area (Å²) in [6.07, 6.45) is 5.41. The van der Waals surface area contributed by atoms with Gasteiger partial charge in [-0.3, -0.25) is 4.90 Å². The standard InChI is InChI=1S/C24H30FN5O2/c1-3-5-21-22(32-23(28-21)19-6-8-20(25)9-7-19)17-31-18(2)16-29-12-14-30(15-13-29)24-26-10-4-11-27-24/h4,6-11,18H,3,5,12-17H2,1-2H3. The molecule has 1 aliphatic heterocycles. The van der Waals surface area contributed by atoms with Crippen molar-refractivity contribution in [1.82, 2.24) is 19.9 Å². The molecular formula is C24H30FN5O2. The zero-order valence-electron chi connectivity index (χ0n) is 18.7. The summed E-state index contributed by atoms with van der Waals surface area (Å²) in [5.74, 6) is 1.79. The van der Waals surface area contributed by atoms with Crippen LogP contribution in [0, 0.1) is 5.82 Å². The van der Waals surface area contributed by atoms with E-state index >= 15 is 0 Å². The van der Waals surface area contributed by atoms with E-state index in [-0.39, 0.29) is 11.9 Å². The maximum atomic E-state index is 13.2. The summed E-state index contributed by atoms with van der Waals surface area (Å²) in [4.78, 5) is 17.9. The van der Waals surface area contributed by atoms with Gasteiger partial charge in [-0.1, -0.05) is 13.3 Å². The molecule has 0 aliphatic carbocycles. The van der Waals surface area contributed by atoms with Crippen molar-refractivity contribution in [2.75, 3.05) is 37.6 Å². The zero-order valence-corrected chi connectivity index (χ0v) is 18.7. The molecule has 4 rings (SSSR count). The molecule has 1 atom stereocenters. The molecule has 2 aromatic heterocycles. The van der Waals surface area contributed by atoms with Gasteiger partial charge in [-0.25, -0.2) is 19.3 Å². The summed E-state index contributed by atoms with van der Waals surface area (Å²) in [5.41, 5.74) is 1.68. The van der Waals surface area contributed by atoms with Gasteiger partial charge in [0.2, 0.25) is 11.8 Å². The van der Waals surface area contributed by atoms with E-state index in [1.54, 1.807) is 24.5 Å². The number of aryl methyl sites for hydroxylation is 1. The van der Waals surface area contributed by atoms with Gasteiger partial charge >= 0.3 is 0 Å². The van der Waals surface area contributed by atoms with Gasteiger partial charge in [0, 0.05) is 50.7 Å². The lowest BCUT2D eigenvalue weighted by molar-refractivity contribution is 0.0175. The summed E-state index contributed by atoms with van der Waals surface area (Å²) < 4.78 is 25.4. The van der Waals surface area contributed by atoms with Crippen molar-refractivity contribution < 1.29 is 13.5 Å². The largest absolute Gasteiger partial charge is 0.438 e. The Balaban J connectivity index is 1.30. The van der Waals surface area contributed by atoms with Crippen molar-refractivity contribution in [3.05, 3.63) is 60.0 Å². The maximum absolute atomic E-state index is 13.2. The molecule has 0 N–H and O–H groups in total. The average molecular weight is 440 g/mol. The van der Waals surface area contributed by atoms with Crippen LogP contribution in [0.1, 0.15) is 31.7 Å². The van der Waals surface area contributed by atoms with Crippen LogP contribution in [0.5, 0.6) is 0 Å². The van der Waals surface area contributed by atoms with Gasteiger partial charge in [0.1, 0.15) is 12.4 Å². The zero-order chi connectivity index (χ0) is 22.3. The van der Waals surface area contributed by atoms with Crippen LogP contribution < -0.4 is 4.90 Å². The fourth-order valence-corrected chi connectivity index (χ4v) is 3.86. The van der Waals surface area contributed by atoms with E-state index in [0.717, 1.165) is 68.5 Å². The van der Waals surface area contributed by atoms with E-state index in [1.165, 1.54) is 12.1 Å². The first kappa shape index (κ1) is 22.4. The Morgan fingerprint density at radius 3 is 2.50 bits per heavy atom. The van der Waals surface area contributed by atoms with E-state index in [9.17, 15) is 4.39 Å². The molecule has 0 radical (unpaired) electrons. The smallest absolute Gasteiger partial charge is 0.226 e. The van der Waals surface area contributed by atoms with E-state index < -0.39 is 0 Å². The van der Waals surface area contributed by atoms with Crippen molar-refractivity contribution in [3.63, 3.8) is 0 Å². The minimum absolute atomic E-state index is 0.0587. The number of benzene rings is 1. The number of rotatable bonds is 9. The first-order chi connectivity index (χ1) is 15.6. The van der Waals surface area contributed by atoms with Crippen molar-refractivity contribution in [2.24, 2.45) is 0 Å². The highest BCUT2D eigenvalue weighted by Gasteiger charge is 2.21. The van der Waals surface area contributed by atoms with Crippen LogP contribution in [0.4, 0.5) is 10.3 Å². The first-order valence-electron chi connectivity index (χ1n) is 11.2. The average Bonchev–Trinajstić information content (AvgIpc) is 3.22. The normalized spacial score (nSPS) is 15.8. The molecule has 170 valence electrons. The second kappa shape index (κ2) is 10.7. The summed E-state index contributed by atoms with van der Waals surface area (Å²) in [7, 11) is 0. The second-order valence-electron chi connectivity index (χ2n) is 8.10. The van der Waals surface area contributed by atoms with Crippen molar-refractivity contribution in [1.29, 1.82) is 0 Å². The predicted molar refractivity (Wildman–Crippen MR) is 121 cm³/mol. The number of aromatic nitrogens is 3. The molecule has 1 aliphatic rings. The first-order valence-corrected chi connectivity index (χ1v) is 11.2. The molecule has 1 fully saturated rings. The number of ether oxygens (including phenoxy) is 1. The van der Waals surface area contributed by atoms with Gasteiger partial charge in [0.25, 0.3) is 0 Å². The van der Waals surface area contributed by atoms with E-state index in [4.69, 9.17) is 9.15 Å². The highest BCUT2D eigenvalue weighted by atomic mass is 19.1. The molecule has 8 heteroatoms. The summed E-state index contributed by atoms with van der Waals surface area (Å²) in [6.45, 7) is 9.13. The van der Waals surface area contributed by atoms with Gasteiger partial charge in [0.05, 0.1) is 11.8 Å². The molecule has 1 unspecified atom stereocenters. The number of hydrogen-bond acceptors (Lipinski definition) is 7. The molecule has 1 aromatic carbocycles. The van der Waals surface area contributed by atoms with E-state index in [1.807, 2.05) is 6.07 Å². The number of oxazole rings is 1. The van der Waals surface area contributed by atoms with Gasteiger partial charge in [-0.2, -0.15) is 0 Å². The van der Waals surface area contributed by atoms with Gasteiger partial charge in [-0.15, -0.1) is 0 Å². The minimum Gasteiger partial charge on any atom is -0.438 e. The maximum Gasteiger partial charge on any atom is 0.226 e. The molecule has 32 heavy (non-hydrogen) atoms. The molecule has 0 spiro atoms. The Kier molecular flexibility index (Phi) is 7.44. The Hall–Kier alpha value is -2.84. The molecule has 0 saturated carbocycles. The molecule has 1 saturated heterocycles. The minimum atomic E-state index is -0.274. The molecule has 3 heterocycles. The van der Waals surface area contributed by atoms with Crippen LogP contribution >= 0.6 is 0 Å². The predicted octanol–water partition coefficient (Wildman–Crippen LogP) is 3.95. The number of hydrogen-bond donors (Lipinski definition) is 0. The molecule has 0 bridgehead atoms. The quantitative estimate of drug-likeness (QED) is 0.500. The topological polar surface area (TPSA) is 67.5 Å². The third-order valence-corrected chi connectivity index (χ3v) is 5.58. The van der Waals surface area contributed by atoms with Crippen LogP contribution in [0.3, 0.4) is 0 Å². The summed E-state index contributed by atoms with van der Waals surface area (Å²) in [5, 5.41) is 0. The molecule has 3 aromatic rings. The van der Waals surface area contributed by atoms with Crippen LogP contribution in [0.15, 0.2) is 47.1 Å². The van der Waals surface area contributed by atoms with Crippen molar-refractivity contribution in [3.8, 4) is 11.5 Å². The Labute approximate surface area is 188 Å². The Bertz CT molecular complexity index is 972. The fourth-order valence-electron chi connectivity index (χ4n) is 3.86. The van der Waals surface area contributed by atoms with Crippen molar-refractivity contribution in [2.45, 2.75) is 39.4 Å². The summed E-state index contributed by atoms with van der Waals surface area (Å²) >= 11 is 0. The molecular weight excluding hydrogens is 409 g/mol. The fraction of sp³-hybridized carbons (Fsp3) is 0.458. The van der Waals surface area contributed by atoms with Gasteiger partial charge in [0.15, 0.2) is 5.76 Å². The summed E-state index contributed by atoms with van der Waals surface area (Å²) in [6, 6.07) is 8.04. The molecule has 7 nitrogen and oxygen atoms in total. The Morgan fingerprint density at radius 2 is 1.81 bits per heavy atom. The highest BCUT2D eigenvalue weighted by molar-refractivity contribution is 5.53. The lowest BCUT2D eigenvalue weighted by Crippen LogP contribution is -2.49. The second-order valence-corrected chi connectivity index (χ2v) is 8.10. The lowest BCUT2D eigenvalue weighted by atomic mass is 10.2. The number of piperazine rings is 1. The van der Waals surface area contributed by atoms with Crippen LogP contribution in [-0.2, 0) is 17.8 Å². The van der Waals surface area contributed by atoms with Crippen LogP contribution in [0.25, 0.3) is 11.5 Å². The number of anilines is 1. The lowest BCUT2D eigenvalue weighted by Gasteiger charge is -2.35. The number of halogens is 1. The van der Waals surface area contributed by atoms with Gasteiger partial charge in [-0.05, 0) is 43.7 Å².